The lowest BCUT2D eigenvalue weighted by Crippen LogP contribution is -2.10. The second kappa shape index (κ2) is 32.8. The summed E-state index contributed by atoms with van der Waals surface area (Å²) in [5, 5.41) is 0. The Morgan fingerprint density at radius 2 is 0.421 bits per heavy atom. The Hall–Kier alpha value is -13.7. The third kappa shape index (κ3) is 17.4. The zero-order valence-corrected chi connectivity index (χ0v) is 60.6. The van der Waals surface area contributed by atoms with E-state index in [2.05, 4.69) is 320 Å². The van der Waals surface area contributed by atoms with Crippen molar-refractivity contribution in [3.63, 3.8) is 0 Å². The van der Waals surface area contributed by atoms with Gasteiger partial charge < -0.3 is 0 Å². The molecule has 6 heteroatoms. The summed E-state index contributed by atoms with van der Waals surface area (Å²) in [5.41, 5.74) is 30.3. The van der Waals surface area contributed by atoms with E-state index in [1.54, 1.807) is 0 Å². The number of rotatable bonds is 16. The number of nitrogens with zero attached hydrogens (tertiary/aromatic N) is 6. The molecule has 0 unspecified atom stereocenters. The van der Waals surface area contributed by atoms with Crippen LogP contribution in [0.4, 0.5) is 0 Å². The largest absolute Gasteiger partial charge is 0.228 e. The van der Waals surface area contributed by atoms with E-state index in [1.165, 1.54) is 44.5 Å². The Balaban J connectivity index is 0.000000135. The van der Waals surface area contributed by atoms with Crippen LogP contribution in [0.3, 0.4) is 0 Å². The molecule has 514 valence electrons. The maximum atomic E-state index is 4.99. The van der Waals surface area contributed by atoms with Gasteiger partial charge in [-0.25, -0.2) is 29.9 Å². The lowest BCUT2D eigenvalue weighted by molar-refractivity contribution is 0.590. The normalized spacial score (nSPS) is 10.9. The van der Waals surface area contributed by atoms with Crippen LogP contribution in [0.2, 0.25) is 0 Å². The highest BCUT2D eigenvalue weighted by molar-refractivity contribution is 5.80. The molecule has 0 aliphatic heterocycles. The molecule has 13 aromatic carbocycles. The maximum absolute atomic E-state index is 4.99. The van der Waals surface area contributed by atoms with Gasteiger partial charge in [0.2, 0.25) is 0 Å². The summed E-state index contributed by atoms with van der Waals surface area (Å²) in [6, 6.07) is 124. The van der Waals surface area contributed by atoms with Crippen molar-refractivity contribution in [2.45, 2.75) is 33.1 Å². The number of hydrogen-bond donors (Lipinski definition) is 0. The van der Waals surface area contributed by atoms with E-state index < -0.39 is 0 Å². The summed E-state index contributed by atoms with van der Waals surface area (Å²) in [7, 11) is 0. The van der Waals surface area contributed by atoms with E-state index in [9.17, 15) is 0 Å². The topological polar surface area (TPSA) is 77.3 Å². The van der Waals surface area contributed by atoms with Crippen LogP contribution >= 0.6 is 0 Å². The average molecular weight is 1380 g/mol. The van der Waals surface area contributed by atoms with Gasteiger partial charge in [0.05, 0.1) is 34.2 Å². The number of benzene rings is 13. The van der Waals surface area contributed by atoms with Crippen LogP contribution in [0.25, 0.3) is 164 Å². The minimum Gasteiger partial charge on any atom is -0.228 e. The molecule has 0 atom stereocenters. The van der Waals surface area contributed by atoms with E-state index in [0.717, 1.165) is 130 Å². The molecule has 3 aromatic heterocycles. The molecule has 0 bridgehead atoms. The minimum absolute atomic E-state index is 0.106. The van der Waals surface area contributed by atoms with Gasteiger partial charge in [-0.3, -0.25) is 0 Å². The lowest BCUT2D eigenvalue weighted by atomic mass is 9.86. The van der Waals surface area contributed by atoms with Gasteiger partial charge in [-0.1, -0.05) is 398 Å². The van der Waals surface area contributed by atoms with Crippen molar-refractivity contribution in [3.05, 3.63) is 405 Å². The first-order chi connectivity index (χ1) is 52.4. The van der Waals surface area contributed by atoms with Gasteiger partial charge in [0.15, 0.2) is 17.5 Å². The Morgan fingerprint density at radius 3 is 0.710 bits per heavy atom. The molecule has 0 amide bonds. The summed E-state index contributed by atoms with van der Waals surface area (Å²) in [6.07, 6.45) is 5.59. The molecule has 0 saturated heterocycles. The summed E-state index contributed by atoms with van der Waals surface area (Å²) >= 11 is 0. The molecule has 6 nitrogen and oxygen atoms in total. The third-order valence-electron chi connectivity index (χ3n) is 18.9. The van der Waals surface area contributed by atoms with Gasteiger partial charge in [0.25, 0.3) is 0 Å². The van der Waals surface area contributed by atoms with Crippen LogP contribution in [0.5, 0.6) is 0 Å². The van der Waals surface area contributed by atoms with Crippen molar-refractivity contribution in [1.29, 1.82) is 0 Å². The van der Waals surface area contributed by atoms with Crippen LogP contribution in [-0.2, 0) is 5.41 Å². The van der Waals surface area contributed by atoms with Crippen LogP contribution in [0.15, 0.2) is 378 Å². The first-order valence-corrected chi connectivity index (χ1v) is 36.0. The second-order valence-electron chi connectivity index (χ2n) is 27.3. The summed E-state index contributed by atoms with van der Waals surface area (Å²) < 4.78 is 0. The van der Waals surface area contributed by atoms with Crippen LogP contribution in [0, 0.1) is 6.92 Å². The molecule has 0 aliphatic carbocycles. The molecule has 0 radical (unpaired) electrons. The smallest absolute Gasteiger partial charge is 0.160 e. The molecular weight excluding hydrogens is 1300 g/mol. The van der Waals surface area contributed by atoms with Gasteiger partial charge in [-0.05, 0) is 103 Å². The van der Waals surface area contributed by atoms with Gasteiger partial charge >= 0.3 is 0 Å². The van der Waals surface area contributed by atoms with E-state index in [-0.39, 0.29) is 5.41 Å². The standard InChI is InChI=1S/C36H26N2.C34H30N2.C31H24N2/c1-2-26-13-15-27(16-14-26)28-17-19-29(20-18-28)30-21-23-32(24-22-30)35-25-34(31-9-5-3-6-10-31)37-36(38-35)33-11-7-4-8-12-33;1-5-24-14-16-25(17-15-24)28-12-9-13-29(22-28)32-23-31(26-18-20-30(21-19-26)34(2,3)4)35-33(36-32)27-10-7-6-8-11-27;1-3-23-11-15-24(16-12-23)25-17-19-27(20-18-25)30-21-29(26-13-9-22(2)10-14-26)32-31(33-30)28-7-5-4-6-8-28/h2-25H,1H2;5-23H,1H2,2-4H3;3-21H,1H2,2H3. The first-order valence-electron chi connectivity index (χ1n) is 36.0. The molecule has 0 saturated carbocycles. The van der Waals surface area contributed by atoms with Crippen molar-refractivity contribution in [2.24, 2.45) is 0 Å². The molecule has 0 N–H and O–H groups in total. The maximum Gasteiger partial charge on any atom is 0.160 e. The van der Waals surface area contributed by atoms with Crippen LogP contribution < -0.4 is 0 Å². The molecule has 3 heterocycles. The molecule has 0 spiro atoms. The molecule has 16 aromatic rings. The Labute approximate surface area is 629 Å². The number of aryl methyl sites for hydroxylation is 1. The number of aromatic nitrogens is 6. The van der Waals surface area contributed by atoms with Gasteiger partial charge in [-0.2, -0.15) is 0 Å². The zero-order valence-electron chi connectivity index (χ0n) is 60.6. The molecule has 0 aliphatic rings. The fourth-order valence-electron chi connectivity index (χ4n) is 12.7. The average Bonchev–Trinajstić information content (AvgIpc) is 0.808. The van der Waals surface area contributed by atoms with Crippen LogP contribution in [-0.4, -0.2) is 29.9 Å². The predicted molar refractivity (Wildman–Crippen MR) is 450 cm³/mol. The quantitative estimate of drug-likeness (QED) is 0.0959. The minimum atomic E-state index is 0.106. The third-order valence-corrected chi connectivity index (χ3v) is 18.9. The fraction of sp³-hybridized carbons (Fsp3) is 0.0495. The van der Waals surface area contributed by atoms with Crippen molar-refractivity contribution < 1.29 is 0 Å². The second-order valence-corrected chi connectivity index (χ2v) is 27.3. The van der Waals surface area contributed by atoms with E-state index in [4.69, 9.17) is 29.9 Å². The van der Waals surface area contributed by atoms with Crippen molar-refractivity contribution in [1.82, 2.24) is 29.9 Å². The highest BCUT2D eigenvalue weighted by atomic mass is 14.9. The Kier molecular flexibility index (Phi) is 21.5. The van der Waals surface area contributed by atoms with Crippen molar-refractivity contribution in [2.75, 3.05) is 0 Å². The Morgan fingerprint density at radius 1 is 0.206 bits per heavy atom. The van der Waals surface area contributed by atoms with Gasteiger partial charge in [0.1, 0.15) is 0 Å². The molecule has 107 heavy (non-hydrogen) atoms. The van der Waals surface area contributed by atoms with Crippen molar-refractivity contribution in [3.8, 4) is 146 Å². The first kappa shape index (κ1) is 70.4. The molecular formula is C101H80N6. The van der Waals surface area contributed by atoms with E-state index in [0.29, 0.717) is 0 Å². The van der Waals surface area contributed by atoms with Crippen LogP contribution in [0.1, 0.15) is 48.6 Å². The highest BCUT2D eigenvalue weighted by Gasteiger charge is 2.18. The highest BCUT2D eigenvalue weighted by Crippen LogP contribution is 2.36. The monoisotopic (exact) mass is 1380 g/mol. The van der Waals surface area contributed by atoms with Crippen molar-refractivity contribution >= 4 is 18.2 Å². The Bertz CT molecular complexity index is 5620. The van der Waals surface area contributed by atoms with Gasteiger partial charge in [-0.15, -0.1) is 0 Å². The van der Waals surface area contributed by atoms with Gasteiger partial charge in [0, 0.05) is 50.1 Å². The fourth-order valence-corrected chi connectivity index (χ4v) is 12.7. The number of hydrogen-bond acceptors (Lipinski definition) is 6. The zero-order chi connectivity index (χ0) is 73.5. The van der Waals surface area contributed by atoms with E-state index >= 15 is 0 Å². The lowest BCUT2D eigenvalue weighted by Gasteiger charge is -2.19. The summed E-state index contributed by atoms with van der Waals surface area (Å²) in [4.78, 5) is 29.6. The summed E-state index contributed by atoms with van der Waals surface area (Å²) in [5.74, 6) is 2.18. The molecule has 0 fully saturated rings. The SMILES string of the molecule is C=Cc1ccc(-c2ccc(-c3cc(-c4ccc(C)cc4)nc(-c4ccccc4)n3)cc2)cc1.C=Cc1ccc(-c2ccc(-c3ccc(-c4cc(-c5ccccc5)nc(-c5ccccc5)n4)cc3)cc2)cc1.C=Cc1ccc(-c2cccc(-c3cc(-c4ccc(C(C)(C)C)cc4)nc(-c4ccccc4)n3)c2)cc1. The predicted octanol–water partition coefficient (Wildman–Crippen LogP) is 26.6. The molecule has 16 rings (SSSR count). The summed E-state index contributed by atoms with van der Waals surface area (Å²) in [6.45, 7) is 20.3. The van der Waals surface area contributed by atoms with E-state index in [1.807, 2.05) is 103 Å².